The summed E-state index contributed by atoms with van der Waals surface area (Å²) in [5, 5.41) is 0. The van der Waals surface area contributed by atoms with Crippen LogP contribution < -0.4 is 0 Å². The molecule has 0 radical (unpaired) electrons. The third-order valence-electron chi connectivity index (χ3n) is 4.12. The molecule has 0 saturated heterocycles. The maximum atomic E-state index is 6.24. The zero-order valence-electron chi connectivity index (χ0n) is 15.4. The van der Waals surface area contributed by atoms with Gasteiger partial charge in [0.2, 0.25) is 0 Å². The van der Waals surface area contributed by atoms with E-state index >= 15 is 0 Å². The van der Waals surface area contributed by atoms with E-state index < -0.39 is 8.56 Å². The van der Waals surface area contributed by atoms with Gasteiger partial charge in [-0.2, -0.15) is 0 Å². The summed E-state index contributed by atoms with van der Waals surface area (Å²) in [5.41, 5.74) is 0. The molecule has 0 aromatic rings. The Balaban J connectivity index is 3.69. The van der Waals surface area contributed by atoms with Crippen LogP contribution in [0.15, 0.2) is 0 Å². The van der Waals surface area contributed by atoms with Gasteiger partial charge in [0.25, 0.3) is 0 Å². The minimum Gasteiger partial charge on any atom is -0.394 e. The van der Waals surface area contributed by atoms with Gasteiger partial charge in [-0.3, -0.25) is 0 Å². The van der Waals surface area contributed by atoms with Crippen molar-refractivity contribution in [3.8, 4) is 0 Å². The van der Waals surface area contributed by atoms with E-state index in [9.17, 15) is 0 Å². The fraction of sp³-hybridized carbons (Fsp3) is 1.00. The summed E-state index contributed by atoms with van der Waals surface area (Å²) in [5.74, 6) is 0.599. The summed E-state index contributed by atoms with van der Waals surface area (Å²) in [6, 6.07) is 2.15. The quantitative estimate of drug-likeness (QED) is 0.261. The first-order valence-electron chi connectivity index (χ1n) is 9.38. The Labute approximate surface area is 135 Å². The van der Waals surface area contributed by atoms with Gasteiger partial charge in [0.05, 0.1) is 0 Å². The third-order valence-corrected chi connectivity index (χ3v) is 7.70. The molecule has 21 heavy (non-hydrogen) atoms. The smallest absolute Gasteiger partial charge is 0.337 e. The maximum Gasteiger partial charge on any atom is 0.337 e. The first kappa shape index (κ1) is 21.1. The van der Waals surface area contributed by atoms with Gasteiger partial charge in [-0.25, -0.2) is 0 Å². The van der Waals surface area contributed by atoms with E-state index in [1.165, 1.54) is 51.4 Å². The predicted molar refractivity (Wildman–Crippen MR) is 96.1 cm³/mol. The van der Waals surface area contributed by atoms with Crippen molar-refractivity contribution in [1.29, 1.82) is 0 Å². The Hall–Kier alpha value is 0.137. The summed E-state index contributed by atoms with van der Waals surface area (Å²) >= 11 is 0. The summed E-state index contributed by atoms with van der Waals surface area (Å²) < 4.78 is 12.4. The number of hydrogen-bond acceptors (Lipinski definition) is 2. The minimum absolute atomic E-state index is 0.599. The Morgan fingerprint density at radius 3 is 1.71 bits per heavy atom. The molecule has 0 spiro atoms. The standard InChI is InChI=1S/C18H40O2Si/c1-6-9-10-11-12-13-14-15-16-19-21(7-2,8-3)20-17-18(4)5/h18H,6-17H2,1-5H3. The van der Waals surface area contributed by atoms with Gasteiger partial charge in [-0.15, -0.1) is 0 Å². The third kappa shape index (κ3) is 11.4. The highest BCUT2D eigenvalue weighted by atomic mass is 28.4. The first-order valence-corrected chi connectivity index (χ1v) is 11.6. The maximum absolute atomic E-state index is 6.24. The minimum atomic E-state index is -1.89. The summed E-state index contributed by atoms with van der Waals surface area (Å²) in [4.78, 5) is 0. The molecule has 0 amide bonds. The molecule has 0 rings (SSSR count). The van der Waals surface area contributed by atoms with Gasteiger partial charge >= 0.3 is 8.56 Å². The monoisotopic (exact) mass is 316 g/mol. The molecule has 0 aliphatic heterocycles. The van der Waals surface area contributed by atoms with Crippen molar-refractivity contribution in [2.75, 3.05) is 13.2 Å². The second-order valence-corrected chi connectivity index (χ2v) is 10.5. The lowest BCUT2D eigenvalue weighted by Crippen LogP contribution is -2.42. The Morgan fingerprint density at radius 2 is 1.24 bits per heavy atom. The van der Waals surface area contributed by atoms with Crippen molar-refractivity contribution in [3.05, 3.63) is 0 Å². The van der Waals surface area contributed by atoms with E-state index in [0.29, 0.717) is 5.92 Å². The predicted octanol–water partition coefficient (Wildman–Crippen LogP) is 6.30. The molecule has 3 heteroatoms. The molecule has 0 bridgehead atoms. The van der Waals surface area contributed by atoms with Gasteiger partial charge in [0, 0.05) is 13.2 Å². The van der Waals surface area contributed by atoms with Crippen LogP contribution in [-0.4, -0.2) is 21.8 Å². The van der Waals surface area contributed by atoms with Crippen LogP contribution >= 0.6 is 0 Å². The van der Waals surface area contributed by atoms with Crippen LogP contribution in [0.4, 0.5) is 0 Å². The van der Waals surface area contributed by atoms with Crippen molar-refractivity contribution < 1.29 is 8.85 Å². The van der Waals surface area contributed by atoms with Crippen LogP contribution in [0.1, 0.15) is 86.0 Å². The van der Waals surface area contributed by atoms with Gasteiger partial charge in [0.1, 0.15) is 0 Å². The van der Waals surface area contributed by atoms with Crippen molar-refractivity contribution in [1.82, 2.24) is 0 Å². The topological polar surface area (TPSA) is 18.5 Å². The molecule has 0 aromatic heterocycles. The van der Waals surface area contributed by atoms with Crippen LogP contribution in [0, 0.1) is 5.92 Å². The molecule has 0 aliphatic rings. The van der Waals surface area contributed by atoms with Crippen LogP contribution in [0.25, 0.3) is 0 Å². The summed E-state index contributed by atoms with van der Waals surface area (Å²) in [6.07, 6.45) is 10.8. The number of rotatable bonds is 15. The van der Waals surface area contributed by atoms with Crippen molar-refractivity contribution >= 4 is 8.56 Å². The lowest BCUT2D eigenvalue weighted by molar-refractivity contribution is 0.150. The second kappa shape index (κ2) is 13.8. The van der Waals surface area contributed by atoms with Gasteiger partial charge < -0.3 is 8.85 Å². The first-order chi connectivity index (χ1) is 10.1. The fourth-order valence-corrected chi connectivity index (χ4v) is 5.07. The Bertz CT molecular complexity index is 215. The molecular weight excluding hydrogens is 276 g/mol. The molecule has 0 heterocycles. The van der Waals surface area contributed by atoms with E-state index in [-0.39, 0.29) is 0 Å². The molecule has 0 aliphatic carbocycles. The van der Waals surface area contributed by atoms with Crippen molar-refractivity contribution in [2.45, 2.75) is 98.1 Å². The molecule has 0 fully saturated rings. The fourth-order valence-electron chi connectivity index (χ4n) is 2.51. The lowest BCUT2D eigenvalue weighted by Gasteiger charge is -2.29. The Kier molecular flexibility index (Phi) is 13.9. The summed E-state index contributed by atoms with van der Waals surface area (Å²) in [6.45, 7) is 12.9. The second-order valence-electron chi connectivity index (χ2n) is 6.65. The van der Waals surface area contributed by atoms with Gasteiger partial charge in [0.15, 0.2) is 0 Å². The van der Waals surface area contributed by atoms with E-state index in [1.54, 1.807) is 0 Å². The van der Waals surface area contributed by atoms with E-state index in [0.717, 1.165) is 25.3 Å². The highest BCUT2D eigenvalue weighted by Gasteiger charge is 2.33. The van der Waals surface area contributed by atoms with E-state index in [2.05, 4.69) is 34.6 Å². The van der Waals surface area contributed by atoms with Crippen molar-refractivity contribution in [2.24, 2.45) is 5.92 Å². The molecule has 0 unspecified atom stereocenters. The molecule has 128 valence electrons. The number of hydrogen-bond donors (Lipinski definition) is 0. The van der Waals surface area contributed by atoms with Crippen LogP contribution in [-0.2, 0) is 8.85 Å². The highest BCUT2D eigenvalue weighted by Crippen LogP contribution is 2.20. The SMILES string of the molecule is CCCCCCCCCCO[Si](CC)(CC)OCC(C)C. The average Bonchev–Trinajstić information content (AvgIpc) is 2.49. The molecule has 0 N–H and O–H groups in total. The molecule has 0 atom stereocenters. The molecule has 0 saturated carbocycles. The largest absolute Gasteiger partial charge is 0.394 e. The summed E-state index contributed by atoms with van der Waals surface area (Å²) in [7, 11) is -1.89. The van der Waals surface area contributed by atoms with E-state index in [1.807, 2.05) is 0 Å². The number of unbranched alkanes of at least 4 members (excludes halogenated alkanes) is 7. The zero-order chi connectivity index (χ0) is 16.0. The van der Waals surface area contributed by atoms with Crippen LogP contribution in [0.2, 0.25) is 12.1 Å². The van der Waals surface area contributed by atoms with Crippen LogP contribution in [0.5, 0.6) is 0 Å². The average molecular weight is 317 g/mol. The van der Waals surface area contributed by atoms with Gasteiger partial charge in [-0.1, -0.05) is 79.6 Å². The highest BCUT2D eigenvalue weighted by molar-refractivity contribution is 6.67. The van der Waals surface area contributed by atoms with Gasteiger partial charge in [-0.05, 0) is 24.4 Å². The lowest BCUT2D eigenvalue weighted by atomic mass is 10.1. The zero-order valence-corrected chi connectivity index (χ0v) is 16.4. The van der Waals surface area contributed by atoms with E-state index in [4.69, 9.17) is 8.85 Å². The molecular formula is C18H40O2Si. The van der Waals surface area contributed by atoms with Crippen molar-refractivity contribution in [3.63, 3.8) is 0 Å². The van der Waals surface area contributed by atoms with Crippen LogP contribution in [0.3, 0.4) is 0 Å². The molecule has 2 nitrogen and oxygen atoms in total. The Morgan fingerprint density at radius 1 is 0.714 bits per heavy atom. The molecule has 0 aromatic carbocycles. The normalized spacial score (nSPS) is 12.3.